The summed E-state index contributed by atoms with van der Waals surface area (Å²) in [6, 6.07) is 18.5. The number of benzene rings is 2. The Hall–Kier alpha value is -3.68. The molecule has 150 valence electrons. The van der Waals surface area contributed by atoms with Crippen molar-refractivity contribution in [2.45, 2.75) is 32.7 Å². The Morgan fingerprint density at radius 3 is 2.38 bits per heavy atom. The Labute approximate surface area is 168 Å². The van der Waals surface area contributed by atoms with Gasteiger partial charge in [-0.2, -0.15) is 0 Å². The van der Waals surface area contributed by atoms with Crippen molar-refractivity contribution in [2.75, 3.05) is 0 Å². The summed E-state index contributed by atoms with van der Waals surface area (Å²) in [5.74, 6) is -0.334. The third kappa shape index (κ3) is 6.46. The first-order valence-electron chi connectivity index (χ1n) is 9.28. The molecule has 1 aromatic heterocycles. The van der Waals surface area contributed by atoms with Gasteiger partial charge < -0.3 is 15.4 Å². The number of ether oxygens (including phenoxy) is 1. The molecule has 8 heteroatoms. The van der Waals surface area contributed by atoms with Crippen LogP contribution in [-0.2, 0) is 29.2 Å². The van der Waals surface area contributed by atoms with Gasteiger partial charge in [0.1, 0.15) is 18.3 Å². The molecule has 2 N–H and O–H groups in total. The van der Waals surface area contributed by atoms with Gasteiger partial charge in [-0.25, -0.2) is 9.48 Å². The molecule has 0 radical (unpaired) electrons. The maximum Gasteiger partial charge on any atom is 0.408 e. The van der Waals surface area contributed by atoms with Gasteiger partial charge in [-0.05, 0) is 18.1 Å². The predicted octanol–water partition coefficient (Wildman–Crippen LogP) is 2.26. The Morgan fingerprint density at radius 1 is 1.03 bits per heavy atom. The second-order valence-electron chi connectivity index (χ2n) is 6.54. The first-order valence-corrected chi connectivity index (χ1v) is 9.28. The molecule has 1 atom stereocenters. The zero-order valence-corrected chi connectivity index (χ0v) is 16.1. The molecule has 0 aliphatic rings. The van der Waals surface area contributed by atoms with Gasteiger partial charge in [0.25, 0.3) is 0 Å². The minimum atomic E-state index is -0.738. The molecule has 0 fully saturated rings. The number of amides is 2. The van der Waals surface area contributed by atoms with Crippen molar-refractivity contribution >= 4 is 12.0 Å². The van der Waals surface area contributed by atoms with Gasteiger partial charge >= 0.3 is 6.09 Å². The topological polar surface area (TPSA) is 98.1 Å². The summed E-state index contributed by atoms with van der Waals surface area (Å²) < 4.78 is 6.82. The van der Waals surface area contributed by atoms with Crippen molar-refractivity contribution in [1.82, 2.24) is 25.6 Å². The number of carbonyl (C=O) groups is 2. The molecule has 0 bridgehead atoms. The molecular formula is C21H23N5O3. The van der Waals surface area contributed by atoms with Crippen molar-refractivity contribution in [3.8, 4) is 0 Å². The van der Waals surface area contributed by atoms with Gasteiger partial charge in [0, 0.05) is 0 Å². The minimum Gasteiger partial charge on any atom is -0.445 e. The van der Waals surface area contributed by atoms with Gasteiger partial charge in [-0.1, -0.05) is 65.9 Å². The molecule has 2 amide bonds. The first kappa shape index (κ1) is 20.1. The second kappa shape index (κ2) is 10.0. The van der Waals surface area contributed by atoms with E-state index in [0.717, 1.165) is 11.1 Å². The minimum absolute atomic E-state index is 0.144. The largest absolute Gasteiger partial charge is 0.445 e. The third-order valence-electron chi connectivity index (χ3n) is 4.16. The lowest BCUT2D eigenvalue weighted by molar-refractivity contribution is -0.122. The molecular weight excluding hydrogens is 370 g/mol. The van der Waals surface area contributed by atoms with E-state index >= 15 is 0 Å². The molecule has 3 rings (SSSR count). The maximum absolute atomic E-state index is 12.2. The van der Waals surface area contributed by atoms with E-state index in [0.29, 0.717) is 12.2 Å². The van der Waals surface area contributed by atoms with Crippen molar-refractivity contribution < 1.29 is 14.3 Å². The molecule has 0 unspecified atom stereocenters. The van der Waals surface area contributed by atoms with E-state index in [1.807, 2.05) is 60.7 Å². The van der Waals surface area contributed by atoms with E-state index in [-0.39, 0.29) is 19.1 Å². The molecule has 0 saturated carbocycles. The molecule has 2 aromatic carbocycles. The summed E-state index contributed by atoms with van der Waals surface area (Å²) in [6.07, 6.45) is 1.13. The fourth-order valence-electron chi connectivity index (χ4n) is 2.61. The smallest absolute Gasteiger partial charge is 0.408 e. The van der Waals surface area contributed by atoms with Gasteiger partial charge in [0.15, 0.2) is 0 Å². The van der Waals surface area contributed by atoms with E-state index in [4.69, 9.17) is 4.74 Å². The first-order chi connectivity index (χ1) is 14.1. The normalized spacial score (nSPS) is 11.5. The highest BCUT2D eigenvalue weighted by molar-refractivity contribution is 5.85. The average molecular weight is 393 g/mol. The SMILES string of the molecule is C[C@H](NC(=O)OCc1ccccc1)C(=O)NCc1cn(Cc2ccccc2)nn1. The quantitative estimate of drug-likeness (QED) is 0.612. The van der Waals surface area contributed by atoms with E-state index in [1.165, 1.54) is 0 Å². The fraction of sp³-hybridized carbons (Fsp3) is 0.238. The fourth-order valence-corrected chi connectivity index (χ4v) is 2.61. The van der Waals surface area contributed by atoms with Crippen LogP contribution in [0, 0.1) is 0 Å². The zero-order valence-electron chi connectivity index (χ0n) is 16.1. The number of nitrogens with one attached hydrogen (secondary N) is 2. The summed E-state index contributed by atoms with van der Waals surface area (Å²) in [4.78, 5) is 24.0. The Balaban J connectivity index is 1.40. The number of nitrogens with zero attached hydrogens (tertiary/aromatic N) is 3. The highest BCUT2D eigenvalue weighted by atomic mass is 16.5. The van der Waals surface area contributed by atoms with Gasteiger partial charge in [-0.3, -0.25) is 4.79 Å². The molecule has 29 heavy (non-hydrogen) atoms. The van der Waals surface area contributed by atoms with Crippen molar-refractivity contribution in [3.63, 3.8) is 0 Å². The van der Waals surface area contributed by atoms with E-state index < -0.39 is 12.1 Å². The van der Waals surface area contributed by atoms with Crippen LogP contribution in [0.1, 0.15) is 23.7 Å². The highest BCUT2D eigenvalue weighted by Gasteiger charge is 2.16. The van der Waals surface area contributed by atoms with Gasteiger partial charge in [-0.15, -0.1) is 5.10 Å². The number of aromatic nitrogens is 3. The molecule has 3 aromatic rings. The molecule has 0 aliphatic carbocycles. The number of hydrogen-bond acceptors (Lipinski definition) is 5. The van der Waals surface area contributed by atoms with Crippen LogP contribution >= 0.6 is 0 Å². The highest BCUT2D eigenvalue weighted by Crippen LogP contribution is 2.03. The number of hydrogen-bond donors (Lipinski definition) is 2. The van der Waals surface area contributed by atoms with E-state index in [9.17, 15) is 9.59 Å². The van der Waals surface area contributed by atoms with Crippen LogP contribution < -0.4 is 10.6 Å². The van der Waals surface area contributed by atoms with E-state index in [2.05, 4.69) is 20.9 Å². The second-order valence-corrected chi connectivity index (χ2v) is 6.54. The number of carbonyl (C=O) groups excluding carboxylic acids is 2. The van der Waals surface area contributed by atoms with Crippen molar-refractivity contribution in [2.24, 2.45) is 0 Å². The molecule has 1 heterocycles. The van der Waals surface area contributed by atoms with Crippen LogP contribution in [0.2, 0.25) is 0 Å². The molecule has 0 spiro atoms. The summed E-state index contributed by atoms with van der Waals surface area (Å²) in [5.41, 5.74) is 2.62. The third-order valence-corrected chi connectivity index (χ3v) is 4.16. The molecule has 8 nitrogen and oxygen atoms in total. The van der Waals surface area contributed by atoms with Crippen LogP contribution in [-0.4, -0.2) is 33.0 Å². The summed E-state index contributed by atoms with van der Waals surface area (Å²) in [5, 5.41) is 13.4. The van der Waals surface area contributed by atoms with Gasteiger partial charge in [0.05, 0.1) is 19.3 Å². The summed E-state index contributed by atoms with van der Waals surface area (Å²) in [7, 11) is 0. The predicted molar refractivity (Wildman–Crippen MR) is 107 cm³/mol. The lowest BCUT2D eigenvalue weighted by Crippen LogP contribution is -2.44. The number of alkyl carbamates (subject to hydrolysis) is 1. The monoisotopic (exact) mass is 393 g/mol. The van der Waals surface area contributed by atoms with Gasteiger partial charge in [0.2, 0.25) is 5.91 Å². The average Bonchev–Trinajstić information content (AvgIpc) is 3.19. The van der Waals surface area contributed by atoms with Crippen LogP contribution in [0.4, 0.5) is 4.79 Å². The van der Waals surface area contributed by atoms with Crippen LogP contribution in [0.5, 0.6) is 0 Å². The summed E-state index contributed by atoms with van der Waals surface area (Å²) >= 11 is 0. The summed E-state index contributed by atoms with van der Waals surface area (Å²) in [6.45, 7) is 2.56. The molecule has 0 saturated heterocycles. The Kier molecular flexibility index (Phi) is 6.94. The lowest BCUT2D eigenvalue weighted by Gasteiger charge is -2.13. The zero-order chi connectivity index (χ0) is 20.5. The standard InChI is InChI=1S/C21H23N5O3/c1-16(23-21(28)29-15-18-10-6-3-7-11-18)20(27)22-12-19-14-26(25-24-19)13-17-8-4-2-5-9-17/h2-11,14,16H,12-13,15H2,1H3,(H,22,27)(H,23,28)/t16-/m0/s1. The van der Waals surface area contributed by atoms with E-state index in [1.54, 1.807) is 17.8 Å². The Morgan fingerprint density at radius 2 is 1.69 bits per heavy atom. The number of rotatable bonds is 8. The maximum atomic E-state index is 12.2. The van der Waals surface area contributed by atoms with Crippen molar-refractivity contribution in [3.05, 3.63) is 83.7 Å². The van der Waals surface area contributed by atoms with Crippen LogP contribution in [0.3, 0.4) is 0 Å². The Bertz CT molecular complexity index is 928. The van der Waals surface area contributed by atoms with Crippen LogP contribution in [0.25, 0.3) is 0 Å². The van der Waals surface area contributed by atoms with Crippen molar-refractivity contribution in [1.29, 1.82) is 0 Å². The molecule has 0 aliphatic heterocycles. The van der Waals surface area contributed by atoms with Crippen LogP contribution in [0.15, 0.2) is 66.9 Å². The lowest BCUT2D eigenvalue weighted by atomic mass is 10.2.